The molecule has 0 amide bonds. The van der Waals surface area contributed by atoms with Gasteiger partial charge in [0.15, 0.2) is 0 Å². The van der Waals surface area contributed by atoms with Crippen LogP contribution in [0.15, 0.2) is 12.1 Å². The lowest BCUT2D eigenvalue weighted by Gasteiger charge is -2.20. The first-order valence-corrected chi connectivity index (χ1v) is 6.94. The Morgan fingerprint density at radius 3 is 2.63 bits per heavy atom. The zero-order chi connectivity index (χ0) is 14.4. The van der Waals surface area contributed by atoms with E-state index < -0.39 is 0 Å². The molecule has 104 valence electrons. The van der Waals surface area contributed by atoms with Crippen LogP contribution in [0.4, 0.5) is 0 Å². The monoisotopic (exact) mass is 279 g/mol. The predicted molar refractivity (Wildman–Crippen MR) is 82.1 cm³/mol. The Balaban J connectivity index is 2.82. The van der Waals surface area contributed by atoms with Crippen LogP contribution >= 0.6 is 11.6 Å². The molecule has 1 rings (SSSR count). The number of hydrogen-bond acceptors (Lipinski definition) is 2. The highest BCUT2D eigenvalue weighted by molar-refractivity contribution is 6.31. The molecule has 0 heterocycles. The van der Waals surface area contributed by atoms with Crippen molar-refractivity contribution in [1.82, 2.24) is 5.32 Å². The van der Waals surface area contributed by atoms with E-state index in [2.05, 4.69) is 25.1 Å². The van der Waals surface area contributed by atoms with Gasteiger partial charge in [0.25, 0.3) is 0 Å². The third-order valence-electron chi connectivity index (χ3n) is 2.90. The summed E-state index contributed by atoms with van der Waals surface area (Å²) in [6.07, 6.45) is 5.26. The summed E-state index contributed by atoms with van der Waals surface area (Å²) in [4.78, 5) is 0. The Labute approximate surface area is 121 Å². The van der Waals surface area contributed by atoms with Crippen LogP contribution in [0.5, 0.6) is 5.75 Å². The fourth-order valence-electron chi connectivity index (χ4n) is 1.83. The van der Waals surface area contributed by atoms with Gasteiger partial charge < -0.3 is 10.1 Å². The largest absolute Gasteiger partial charge is 0.489 e. The molecule has 19 heavy (non-hydrogen) atoms. The summed E-state index contributed by atoms with van der Waals surface area (Å²) >= 11 is 6.18. The van der Waals surface area contributed by atoms with Crippen LogP contribution in [0, 0.1) is 19.3 Å². The van der Waals surface area contributed by atoms with Gasteiger partial charge in [-0.2, -0.15) is 0 Å². The minimum absolute atomic E-state index is 0.0615. The molecule has 1 N–H and O–H groups in total. The fraction of sp³-hybridized carbons (Fsp3) is 0.500. The van der Waals surface area contributed by atoms with Gasteiger partial charge in [0.2, 0.25) is 0 Å². The zero-order valence-corrected chi connectivity index (χ0v) is 12.8. The number of rotatable bonds is 6. The minimum Gasteiger partial charge on any atom is -0.489 e. The van der Waals surface area contributed by atoms with E-state index in [1.807, 2.05) is 26.0 Å². The molecule has 1 aromatic carbocycles. The smallest absolute Gasteiger partial charge is 0.123 e. The molecule has 0 aliphatic heterocycles. The average Bonchev–Trinajstić information content (AvgIpc) is 2.33. The third-order valence-corrected chi connectivity index (χ3v) is 3.31. The summed E-state index contributed by atoms with van der Waals surface area (Å²) in [5.74, 6) is 3.83. The van der Waals surface area contributed by atoms with Crippen molar-refractivity contribution in [3.8, 4) is 18.1 Å². The van der Waals surface area contributed by atoms with E-state index in [0.29, 0.717) is 12.5 Å². The Bertz CT molecular complexity index is 463. The standard InChI is InChI=1S/C16H22ClNO/c1-6-7-18-10-13(5)19-16-8-12(4)15(17)9-14(16)11(2)3/h1,8-9,11,13,18H,7,10H2,2-5H3. The molecule has 0 aliphatic rings. The summed E-state index contributed by atoms with van der Waals surface area (Å²) < 4.78 is 6.00. The molecule has 0 saturated carbocycles. The topological polar surface area (TPSA) is 21.3 Å². The molecule has 1 unspecified atom stereocenters. The van der Waals surface area contributed by atoms with Crippen LogP contribution in [-0.2, 0) is 0 Å². The van der Waals surface area contributed by atoms with E-state index >= 15 is 0 Å². The van der Waals surface area contributed by atoms with Crippen LogP contribution in [0.2, 0.25) is 5.02 Å². The number of terminal acetylenes is 1. The SMILES string of the molecule is C#CCNCC(C)Oc1cc(C)c(Cl)cc1C(C)C. The molecular formula is C16H22ClNO. The Kier molecular flexibility index (Phi) is 6.21. The highest BCUT2D eigenvalue weighted by Gasteiger charge is 2.13. The Morgan fingerprint density at radius 1 is 1.37 bits per heavy atom. The van der Waals surface area contributed by atoms with Crippen molar-refractivity contribution in [2.24, 2.45) is 0 Å². The van der Waals surface area contributed by atoms with Gasteiger partial charge >= 0.3 is 0 Å². The van der Waals surface area contributed by atoms with Crippen molar-refractivity contribution < 1.29 is 4.74 Å². The molecule has 1 aromatic rings. The molecule has 0 spiro atoms. The van der Waals surface area contributed by atoms with Crippen molar-refractivity contribution in [2.45, 2.75) is 39.7 Å². The molecule has 0 bridgehead atoms. The molecule has 1 atom stereocenters. The molecule has 0 aliphatic carbocycles. The van der Waals surface area contributed by atoms with E-state index in [0.717, 1.165) is 28.4 Å². The molecule has 0 saturated heterocycles. The number of benzene rings is 1. The lowest BCUT2D eigenvalue weighted by Crippen LogP contribution is -2.29. The van der Waals surface area contributed by atoms with Gasteiger partial charge in [0, 0.05) is 11.6 Å². The van der Waals surface area contributed by atoms with Gasteiger partial charge in [0.1, 0.15) is 11.9 Å². The summed E-state index contributed by atoms with van der Waals surface area (Å²) in [5.41, 5.74) is 2.17. The Morgan fingerprint density at radius 2 is 2.05 bits per heavy atom. The van der Waals surface area contributed by atoms with E-state index in [4.69, 9.17) is 22.8 Å². The molecular weight excluding hydrogens is 258 g/mol. The quantitative estimate of drug-likeness (QED) is 0.632. The summed E-state index contributed by atoms with van der Waals surface area (Å²) in [6, 6.07) is 4.01. The van der Waals surface area contributed by atoms with Gasteiger partial charge in [-0.3, -0.25) is 0 Å². The summed E-state index contributed by atoms with van der Waals surface area (Å²) in [6.45, 7) is 9.57. The second kappa shape index (κ2) is 7.43. The van der Waals surface area contributed by atoms with Gasteiger partial charge in [0.05, 0.1) is 6.54 Å². The van der Waals surface area contributed by atoms with Crippen LogP contribution in [0.3, 0.4) is 0 Å². The lowest BCUT2D eigenvalue weighted by atomic mass is 10.0. The second-order valence-corrected chi connectivity index (χ2v) is 5.46. The van der Waals surface area contributed by atoms with Gasteiger partial charge in [-0.25, -0.2) is 0 Å². The normalized spacial score (nSPS) is 12.3. The number of halogens is 1. The first-order chi connectivity index (χ1) is 8.95. The number of aryl methyl sites for hydroxylation is 1. The number of nitrogens with one attached hydrogen (secondary N) is 1. The van der Waals surface area contributed by atoms with Gasteiger partial charge in [-0.1, -0.05) is 31.4 Å². The maximum absolute atomic E-state index is 6.18. The second-order valence-electron chi connectivity index (χ2n) is 5.06. The van der Waals surface area contributed by atoms with Crippen molar-refractivity contribution >= 4 is 11.6 Å². The van der Waals surface area contributed by atoms with Crippen LogP contribution in [0.25, 0.3) is 0 Å². The highest BCUT2D eigenvalue weighted by atomic mass is 35.5. The van der Waals surface area contributed by atoms with Crippen LogP contribution in [-0.4, -0.2) is 19.2 Å². The van der Waals surface area contributed by atoms with Crippen molar-refractivity contribution in [3.63, 3.8) is 0 Å². The third kappa shape index (κ3) is 4.78. The van der Waals surface area contributed by atoms with E-state index in [1.54, 1.807) is 0 Å². The summed E-state index contributed by atoms with van der Waals surface area (Å²) in [7, 11) is 0. The molecule has 0 radical (unpaired) electrons. The first-order valence-electron chi connectivity index (χ1n) is 6.56. The van der Waals surface area contributed by atoms with Crippen LogP contribution < -0.4 is 10.1 Å². The highest BCUT2D eigenvalue weighted by Crippen LogP contribution is 2.32. The molecule has 0 aromatic heterocycles. The van der Waals surface area contributed by atoms with Crippen molar-refractivity contribution in [3.05, 3.63) is 28.3 Å². The first kappa shape index (κ1) is 15.9. The zero-order valence-electron chi connectivity index (χ0n) is 12.1. The van der Waals surface area contributed by atoms with E-state index in [-0.39, 0.29) is 6.10 Å². The van der Waals surface area contributed by atoms with Crippen molar-refractivity contribution in [1.29, 1.82) is 0 Å². The average molecular weight is 280 g/mol. The minimum atomic E-state index is 0.0615. The maximum Gasteiger partial charge on any atom is 0.123 e. The lowest BCUT2D eigenvalue weighted by molar-refractivity contribution is 0.216. The van der Waals surface area contributed by atoms with Crippen molar-refractivity contribution in [2.75, 3.05) is 13.1 Å². The molecule has 2 nitrogen and oxygen atoms in total. The molecule has 0 fully saturated rings. The Hall–Kier alpha value is -1.17. The predicted octanol–water partition coefficient (Wildman–Crippen LogP) is 3.76. The number of ether oxygens (including phenoxy) is 1. The maximum atomic E-state index is 6.18. The summed E-state index contributed by atoms with van der Waals surface area (Å²) in [5, 5.41) is 3.93. The van der Waals surface area contributed by atoms with Gasteiger partial charge in [-0.15, -0.1) is 6.42 Å². The fourth-order valence-corrected chi connectivity index (χ4v) is 2.00. The van der Waals surface area contributed by atoms with E-state index in [9.17, 15) is 0 Å². The number of hydrogen-bond donors (Lipinski definition) is 1. The van der Waals surface area contributed by atoms with Gasteiger partial charge in [-0.05, 0) is 43.0 Å². The van der Waals surface area contributed by atoms with Crippen LogP contribution in [0.1, 0.15) is 37.8 Å². The van der Waals surface area contributed by atoms with E-state index in [1.165, 1.54) is 0 Å². The molecule has 3 heteroatoms.